The van der Waals surface area contributed by atoms with Gasteiger partial charge in [-0.15, -0.1) is 25.6 Å². The third-order valence-electron chi connectivity index (χ3n) is 2.40. The number of hydrogen-bond donors (Lipinski definition) is 1. The molecule has 15 heavy (non-hydrogen) atoms. The molecule has 0 aromatic rings. The van der Waals surface area contributed by atoms with Gasteiger partial charge in [-0.05, 0) is 33.1 Å². The molecule has 2 atom stereocenters. The normalized spacial score (nSPS) is 24.4. The van der Waals surface area contributed by atoms with Crippen molar-refractivity contribution in [3.63, 3.8) is 0 Å². The molecule has 0 saturated heterocycles. The standard InChI is InChI=1S/C13H21N.ClH/c1-10(2)8-12-6-5-7-13(14-12)9-11(3)4;/h5-6,12-14H,1,3,7-9H2,2,4H3;1H/t12-,13-;/m0./s1. The van der Waals surface area contributed by atoms with E-state index >= 15 is 0 Å². The summed E-state index contributed by atoms with van der Waals surface area (Å²) in [5.41, 5.74) is 2.50. The molecule has 0 unspecified atom stereocenters. The van der Waals surface area contributed by atoms with Crippen molar-refractivity contribution >= 4 is 12.4 Å². The molecule has 1 heterocycles. The fraction of sp³-hybridized carbons (Fsp3) is 0.538. The Kier molecular flexibility index (Phi) is 6.62. The summed E-state index contributed by atoms with van der Waals surface area (Å²) in [6, 6.07) is 1.05. The zero-order valence-electron chi connectivity index (χ0n) is 9.75. The van der Waals surface area contributed by atoms with E-state index in [2.05, 4.69) is 44.5 Å². The van der Waals surface area contributed by atoms with Gasteiger partial charge in [0.25, 0.3) is 0 Å². The van der Waals surface area contributed by atoms with Crippen LogP contribution in [0.5, 0.6) is 0 Å². The molecule has 0 fully saturated rings. The minimum Gasteiger partial charge on any atom is -0.307 e. The molecule has 1 aliphatic rings. The van der Waals surface area contributed by atoms with E-state index in [1.165, 1.54) is 11.1 Å². The maximum Gasteiger partial charge on any atom is 0.0289 e. The van der Waals surface area contributed by atoms with Gasteiger partial charge >= 0.3 is 0 Å². The molecule has 1 aliphatic heterocycles. The first-order valence-electron chi connectivity index (χ1n) is 5.29. The van der Waals surface area contributed by atoms with Crippen molar-refractivity contribution in [3.8, 4) is 0 Å². The van der Waals surface area contributed by atoms with Crippen molar-refractivity contribution in [1.82, 2.24) is 5.32 Å². The molecule has 0 aromatic heterocycles. The largest absolute Gasteiger partial charge is 0.307 e. The van der Waals surface area contributed by atoms with Gasteiger partial charge in [0, 0.05) is 12.1 Å². The summed E-state index contributed by atoms with van der Waals surface area (Å²) >= 11 is 0. The fourth-order valence-corrected chi connectivity index (χ4v) is 1.90. The van der Waals surface area contributed by atoms with E-state index in [9.17, 15) is 0 Å². The second-order valence-corrected chi connectivity index (χ2v) is 4.46. The summed E-state index contributed by atoms with van der Waals surface area (Å²) in [5.74, 6) is 0. The Balaban J connectivity index is 0.00000196. The van der Waals surface area contributed by atoms with E-state index in [0.29, 0.717) is 12.1 Å². The lowest BCUT2D eigenvalue weighted by molar-refractivity contribution is 0.445. The van der Waals surface area contributed by atoms with E-state index in [1.807, 2.05) is 0 Å². The summed E-state index contributed by atoms with van der Waals surface area (Å²) in [5, 5.41) is 3.61. The zero-order chi connectivity index (χ0) is 10.6. The Hall–Kier alpha value is -0.530. The third kappa shape index (κ3) is 5.81. The number of rotatable bonds is 4. The summed E-state index contributed by atoms with van der Waals surface area (Å²) in [4.78, 5) is 0. The molecule has 0 aliphatic carbocycles. The highest BCUT2D eigenvalue weighted by Crippen LogP contribution is 2.15. The van der Waals surface area contributed by atoms with E-state index in [-0.39, 0.29) is 12.4 Å². The zero-order valence-corrected chi connectivity index (χ0v) is 10.6. The molecule has 0 radical (unpaired) electrons. The molecule has 0 bridgehead atoms. The summed E-state index contributed by atoms with van der Waals surface area (Å²) in [7, 11) is 0. The van der Waals surface area contributed by atoms with Crippen LogP contribution in [-0.2, 0) is 0 Å². The first kappa shape index (κ1) is 14.5. The quantitative estimate of drug-likeness (QED) is 0.724. The molecule has 2 heteroatoms. The van der Waals surface area contributed by atoms with Crippen LogP contribution >= 0.6 is 12.4 Å². The van der Waals surface area contributed by atoms with Gasteiger partial charge in [0.05, 0.1) is 0 Å². The predicted octanol–water partition coefficient (Wildman–Crippen LogP) is 3.63. The number of nitrogens with one attached hydrogen (secondary N) is 1. The SMILES string of the molecule is C=C(C)C[C@@H]1CC=C[C@@H](CC(=C)C)N1.Cl. The van der Waals surface area contributed by atoms with Crippen molar-refractivity contribution in [1.29, 1.82) is 0 Å². The van der Waals surface area contributed by atoms with Crippen LogP contribution in [0.4, 0.5) is 0 Å². The second kappa shape index (κ2) is 6.86. The first-order valence-corrected chi connectivity index (χ1v) is 5.29. The summed E-state index contributed by atoms with van der Waals surface area (Å²) in [6.45, 7) is 12.1. The van der Waals surface area contributed by atoms with E-state index in [1.54, 1.807) is 0 Å². The van der Waals surface area contributed by atoms with Gasteiger partial charge in [-0.2, -0.15) is 0 Å². The molecule has 0 spiro atoms. The highest BCUT2D eigenvalue weighted by atomic mass is 35.5. The van der Waals surface area contributed by atoms with Crippen LogP contribution in [0.15, 0.2) is 36.5 Å². The second-order valence-electron chi connectivity index (χ2n) is 4.46. The average Bonchev–Trinajstić information content (AvgIpc) is 2.01. The van der Waals surface area contributed by atoms with Gasteiger partial charge in [0.15, 0.2) is 0 Å². The molecular formula is C13H22ClN. The van der Waals surface area contributed by atoms with E-state index in [4.69, 9.17) is 0 Å². The van der Waals surface area contributed by atoms with Crippen LogP contribution < -0.4 is 5.32 Å². The molecule has 1 nitrogen and oxygen atoms in total. The topological polar surface area (TPSA) is 12.0 Å². The predicted molar refractivity (Wildman–Crippen MR) is 70.6 cm³/mol. The van der Waals surface area contributed by atoms with Crippen LogP contribution in [0.1, 0.15) is 33.1 Å². The Morgan fingerprint density at radius 1 is 1.27 bits per heavy atom. The minimum absolute atomic E-state index is 0. The molecule has 1 N–H and O–H groups in total. The van der Waals surface area contributed by atoms with Gasteiger partial charge in [0.2, 0.25) is 0 Å². The number of halogens is 1. The lowest BCUT2D eigenvalue weighted by atomic mass is 9.97. The maximum absolute atomic E-state index is 3.95. The lowest BCUT2D eigenvalue weighted by Crippen LogP contribution is -2.39. The fourth-order valence-electron chi connectivity index (χ4n) is 1.90. The average molecular weight is 228 g/mol. The van der Waals surface area contributed by atoms with E-state index < -0.39 is 0 Å². The van der Waals surface area contributed by atoms with Crippen LogP contribution in [0, 0.1) is 0 Å². The van der Waals surface area contributed by atoms with Gasteiger partial charge in [-0.3, -0.25) is 0 Å². The maximum atomic E-state index is 3.95. The van der Waals surface area contributed by atoms with Gasteiger partial charge in [-0.25, -0.2) is 0 Å². The van der Waals surface area contributed by atoms with Crippen LogP contribution in [0.3, 0.4) is 0 Å². The van der Waals surface area contributed by atoms with E-state index in [0.717, 1.165) is 19.3 Å². The van der Waals surface area contributed by atoms with Crippen LogP contribution in [0.25, 0.3) is 0 Å². The lowest BCUT2D eigenvalue weighted by Gasteiger charge is -2.27. The molecule has 0 aromatic carbocycles. The van der Waals surface area contributed by atoms with Crippen LogP contribution in [0.2, 0.25) is 0 Å². The summed E-state index contributed by atoms with van der Waals surface area (Å²) < 4.78 is 0. The van der Waals surface area contributed by atoms with Crippen LogP contribution in [-0.4, -0.2) is 12.1 Å². The highest BCUT2D eigenvalue weighted by molar-refractivity contribution is 5.85. The molecule has 1 rings (SSSR count). The Bertz CT molecular complexity index is 255. The van der Waals surface area contributed by atoms with Crippen molar-refractivity contribution in [2.45, 2.75) is 45.2 Å². The minimum atomic E-state index is 0. The van der Waals surface area contributed by atoms with Crippen molar-refractivity contribution in [2.75, 3.05) is 0 Å². The van der Waals surface area contributed by atoms with Crippen molar-refractivity contribution in [3.05, 3.63) is 36.5 Å². The smallest absolute Gasteiger partial charge is 0.0289 e. The first-order chi connectivity index (χ1) is 6.58. The Morgan fingerprint density at radius 3 is 2.40 bits per heavy atom. The highest BCUT2D eigenvalue weighted by Gasteiger charge is 2.16. The number of hydrogen-bond acceptors (Lipinski definition) is 1. The molecule has 86 valence electrons. The summed E-state index contributed by atoms with van der Waals surface area (Å²) in [6.07, 6.45) is 7.78. The monoisotopic (exact) mass is 227 g/mol. The van der Waals surface area contributed by atoms with Gasteiger partial charge < -0.3 is 5.32 Å². The molecule has 0 saturated carbocycles. The van der Waals surface area contributed by atoms with Crippen molar-refractivity contribution < 1.29 is 0 Å². The van der Waals surface area contributed by atoms with Gasteiger partial charge in [-0.1, -0.05) is 23.3 Å². The molecular weight excluding hydrogens is 206 g/mol. The van der Waals surface area contributed by atoms with Gasteiger partial charge in [0.1, 0.15) is 0 Å². The Labute approximate surface area is 99.7 Å². The van der Waals surface area contributed by atoms with Crippen molar-refractivity contribution in [2.24, 2.45) is 0 Å². The molecule has 0 amide bonds. The third-order valence-corrected chi connectivity index (χ3v) is 2.40. The Morgan fingerprint density at radius 2 is 1.87 bits per heavy atom.